The van der Waals surface area contributed by atoms with E-state index in [0.717, 1.165) is 0 Å². The summed E-state index contributed by atoms with van der Waals surface area (Å²) in [6.07, 6.45) is -11.9. The lowest BCUT2D eigenvalue weighted by atomic mass is 10.1. The van der Waals surface area contributed by atoms with Gasteiger partial charge in [-0.05, 0) is 6.42 Å². The van der Waals surface area contributed by atoms with E-state index in [1.807, 2.05) is 0 Å². The average Bonchev–Trinajstić information content (AvgIpc) is 2.23. The summed E-state index contributed by atoms with van der Waals surface area (Å²) in [5.74, 6) is -3.03. The number of carboxylic acids is 1. The molecule has 0 rings (SSSR count). The summed E-state index contributed by atoms with van der Waals surface area (Å²) in [6, 6.07) is 0. The molecule has 0 bridgehead atoms. The lowest BCUT2D eigenvalue weighted by Gasteiger charge is -2.08. The molecule has 0 atom stereocenters. The first-order valence-electron chi connectivity index (χ1n) is 5.12. The lowest BCUT2D eigenvalue weighted by Crippen LogP contribution is -2.20. The van der Waals surface area contributed by atoms with E-state index in [0.29, 0.717) is 6.08 Å². The van der Waals surface area contributed by atoms with Crippen molar-refractivity contribution in [1.29, 1.82) is 0 Å². The highest BCUT2D eigenvalue weighted by atomic mass is 19.4. The maximum absolute atomic E-state index is 11.9. The maximum Gasteiger partial charge on any atom is 0.422 e. The predicted molar refractivity (Wildman–Crippen MR) is 52.6 cm³/mol. The monoisotopic (exact) mass is 308 g/mol. The van der Waals surface area contributed by atoms with Crippen molar-refractivity contribution in [3.8, 4) is 0 Å². The molecule has 0 saturated heterocycles. The first-order valence-corrected chi connectivity index (χ1v) is 5.12. The number of carboxylic acid groups (broad SMARTS) is 1. The van der Waals surface area contributed by atoms with Gasteiger partial charge in [0.05, 0.1) is 6.42 Å². The van der Waals surface area contributed by atoms with Crippen LogP contribution in [-0.2, 0) is 14.3 Å². The molecule has 0 unspecified atom stereocenters. The molecule has 0 radical (unpaired) electrons. The molecule has 0 aromatic rings. The van der Waals surface area contributed by atoms with Crippen LogP contribution in [-0.4, -0.2) is 36.0 Å². The zero-order chi connectivity index (χ0) is 16.0. The number of alkyl halides is 6. The Bertz CT molecular complexity index is 382. The summed E-state index contributed by atoms with van der Waals surface area (Å²) in [4.78, 5) is 21.4. The molecule has 0 aliphatic carbocycles. The highest BCUT2D eigenvalue weighted by Gasteiger charge is 2.30. The molecule has 0 aliphatic heterocycles. The Morgan fingerprint density at radius 3 is 1.95 bits per heavy atom. The van der Waals surface area contributed by atoms with Crippen LogP contribution in [0, 0.1) is 0 Å². The van der Waals surface area contributed by atoms with E-state index in [9.17, 15) is 35.9 Å². The predicted octanol–water partition coefficient (Wildman–Crippen LogP) is 2.84. The fourth-order valence-electron chi connectivity index (χ4n) is 1.01. The van der Waals surface area contributed by atoms with Gasteiger partial charge in [-0.25, -0.2) is 4.79 Å². The van der Waals surface area contributed by atoms with E-state index in [1.165, 1.54) is 0 Å². The zero-order valence-electron chi connectivity index (χ0n) is 9.85. The van der Waals surface area contributed by atoms with Crippen LogP contribution >= 0.6 is 0 Å². The standard InChI is InChI=1S/C10H10F6O4/c11-9(12,13)4-3-6(8(18)19)1-2-7(17)20-5-10(14,15)16/h3H,1-2,4-5H2,(H,18,19). The fraction of sp³-hybridized carbons (Fsp3) is 0.600. The van der Waals surface area contributed by atoms with Gasteiger partial charge in [-0.1, -0.05) is 6.08 Å². The minimum Gasteiger partial charge on any atom is -0.478 e. The maximum atomic E-state index is 11.9. The van der Waals surface area contributed by atoms with Gasteiger partial charge < -0.3 is 9.84 Å². The highest BCUT2D eigenvalue weighted by molar-refractivity contribution is 5.87. The van der Waals surface area contributed by atoms with Crippen molar-refractivity contribution in [2.75, 3.05) is 6.61 Å². The largest absolute Gasteiger partial charge is 0.478 e. The summed E-state index contributed by atoms with van der Waals surface area (Å²) in [7, 11) is 0. The first kappa shape index (κ1) is 18.3. The van der Waals surface area contributed by atoms with Gasteiger partial charge in [0.15, 0.2) is 6.61 Å². The second kappa shape index (κ2) is 7.15. The molecule has 0 spiro atoms. The molecule has 10 heteroatoms. The van der Waals surface area contributed by atoms with Crippen LogP contribution in [0.15, 0.2) is 11.6 Å². The number of ether oxygens (including phenoxy) is 1. The number of halogens is 6. The van der Waals surface area contributed by atoms with E-state index in [4.69, 9.17) is 5.11 Å². The number of allylic oxidation sites excluding steroid dienone is 1. The summed E-state index contributed by atoms with van der Waals surface area (Å²) < 4.78 is 74.5. The van der Waals surface area contributed by atoms with E-state index in [1.54, 1.807) is 0 Å². The molecule has 4 nitrogen and oxygen atoms in total. The summed E-state index contributed by atoms with van der Waals surface area (Å²) in [5, 5.41) is 8.57. The molecule has 0 heterocycles. The van der Waals surface area contributed by atoms with E-state index in [-0.39, 0.29) is 0 Å². The Balaban J connectivity index is 4.36. The smallest absolute Gasteiger partial charge is 0.422 e. The van der Waals surface area contributed by atoms with Crippen LogP contribution in [0.2, 0.25) is 0 Å². The lowest BCUT2D eigenvalue weighted by molar-refractivity contribution is -0.186. The minimum absolute atomic E-state index is 0.360. The van der Waals surface area contributed by atoms with Crippen molar-refractivity contribution in [2.45, 2.75) is 31.6 Å². The third-order valence-electron chi connectivity index (χ3n) is 1.85. The zero-order valence-corrected chi connectivity index (χ0v) is 9.85. The Labute approximate surface area is 109 Å². The summed E-state index contributed by atoms with van der Waals surface area (Å²) in [6.45, 7) is -1.83. The fourth-order valence-corrected chi connectivity index (χ4v) is 1.01. The number of hydrogen-bond acceptors (Lipinski definition) is 3. The Hall–Kier alpha value is -1.74. The Kier molecular flexibility index (Phi) is 6.53. The molecule has 20 heavy (non-hydrogen) atoms. The Morgan fingerprint density at radius 2 is 1.55 bits per heavy atom. The third kappa shape index (κ3) is 10.2. The van der Waals surface area contributed by atoms with Crippen molar-refractivity contribution in [3.05, 3.63) is 11.6 Å². The second-order valence-electron chi connectivity index (χ2n) is 3.63. The van der Waals surface area contributed by atoms with Gasteiger partial charge in [-0.15, -0.1) is 0 Å². The first-order chi connectivity index (χ1) is 8.91. The average molecular weight is 308 g/mol. The SMILES string of the molecule is O=C(CCC(=CCC(F)(F)F)C(=O)O)OCC(F)(F)F. The number of esters is 1. The molecule has 0 aromatic carbocycles. The molecule has 0 fully saturated rings. The molecule has 0 aliphatic rings. The van der Waals surface area contributed by atoms with Gasteiger partial charge in [-0.3, -0.25) is 4.79 Å². The van der Waals surface area contributed by atoms with Gasteiger partial charge in [0, 0.05) is 12.0 Å². The summed E-state index contributed by atoms with van der Waals surface area (Å²) >= 11 is 0. The highest BCUT2D eigenvalue weighted by Crippen LogP contribution is 2.22. The second-order valence-corrected chi connectivity index (χ2v) is 3.63. The van der Waals surface area contributed by atoms with Gasteiger partial charge in [0.2, 0.25) is 0 Å². The molecular weight excluding hydrogens is 298 g/mol. The number of aliphatic carboxylic acids is 1. The number of rotatable bonds is 6. The van der Waals surface area contributed by atoms with Gasteiger partial charge in [0.25, 0.3) is 0 Å². The van der Waals surface area contributed by atoms with E-state index < -0.39 is 55.7 Å². The topological polar surface area (TPSA) is 63.6 Å². The molecule has 0 saturated carbocycles. The van der Waals surface area contributed by atoms with Gasteiger partial charge in [-0.2, -0.15) is 26.3 Å². The summed E-state index contributed by atoms with van der Waals surface area (Å²) in [5.41, 5.74) is -0.716. The number of carbonyl (C=O) groups is 2. The molecule has 116 valence electrons. The van der Waals surface area contributed by atoms with Crippen molar-refractivity contribution in [3.63, 3.8) is 0 Å². The molecule has 1 N–H and O–H groups in total. The molecule has 0 amide bonds. The van der Waals surface area contributed by atoms with Crippen molar-refractivity contribution >= 4 is 11.9 Å². The quantitative estimate of drug-likeness (QED) is 0.465. The Morgan fingerprint density at radius 1 is 1.00 bits per heavy atom. The van der Waals surface area contributed by atoms with Crippen LogP contribution in [0.25, 0.3) is 0 Å². The van der Waals surface area contributed by atoms with Crippen molar-refractivity contribution in [2.24, 2.45) is 0 Å². The van der Waals surface area contributed by atoms with E-state index in [2.05, 4.69) is 4.74 Å². The van der Waals surface area contributed by atoms with E-state index >= 15 is 0 Å². The number of carbonyl (C=O) groups excluding carboxylic acids is 1. The molecule has 0 aromatic heterocycles. The van der Waals surface area contributed by atoms with Crippen molar-refractivity contribution < 1.29 is 45.8 Å². The van der Waals surface area contributed by atoms with Crippen LogP contribution in [0.4, 0.5) is 26.3 Å². The van der Waals surface area contributed by atoms with Crippen LogP contribution in [0.1, 0.15) is 19.3 Å². The number of hydrogen-bond donors (Lipinski definition) is 1. The molecular formula is C10H10F6O4. The normalized spacial score (nSPS) is 13.2. The van der Waals surface area contributed by atoms with Gasteiger partial charge >= 0.3 is 24.3 Å². The van der Waals surface area contributed by atoms with Crippen LogP contribution in [0.3, 0.4) is 0 Å². The third-order valence-corrected chi connectivity index (χ3v) is 1.85. The van der Waals surface area contributed by atoms with Gasteiger partial charge in [0.1, 0.15) is 0 Å². The van der Waals surface area contributed by atoms with Crippen molar-refractivity contribution in [1.82, 2.24) is 0 Å². The van der Waals surface area contributed by atoms with Crippen LogP contribution in [0.5, 0.6) is 0 Å². The minimum atomic E-state index is -4.72. The van der Waals surface area contributed by atoms with Crippen LogP contribution < -0.4 is 0 Å².